The third-order valence-corrected chi connectivity index (χ3v) is 5.80. The molecule has 0 saturated carbocycles. The Bertz CT molecular complexity index is 1110. The van der Waals surface area contributed by atoms with E-state index in [4.69, 9.17) is 4.74 Å². The minimum absolute atomic E-state index is 0. The predicted octanol–water partition coefficient (Wildman–Crippen LogP) is 6.08. The highest BCUT2D eigenvalue weighted by Crippen LogP contribution is 2.29. The maximum atomic E-state index is 6.15. The highest BCUT2D eigenvalue weighted by molar-refractivity contribution is 5.89. The number of halogens is 1. The Kier molecular flexibility index (Phi) is 7.41. The van der Waals surface area contributed by atoms with Crippen LogP contribution in [0.15, 0.2) is 60.7 Å². The van der Waals surface area contributed by atoms with Crippen LogP contribution in [0.4, 0.5) is 0 Å². The lowest BCUT2D eigenvalue weighted by Gasteiger charge is -2.10. The minimum Gasteiger partial charge on any atom is -0.493 e. The molecule has 1 aromatic heterocycles. The highest BCUT2D eigenvalue weighted by atomic mass is 35.5. The molecule has 1 aliphatic rings. The fourth-order valence-corrected chi connectivity index (χ4v) is 4.47. The number of benzene rings is 3. The smallest absolute Gasteiger partial charge is 0.127 e. The number of aromatic amines is 1. The summed E-state index contributed by atoms with van der Waals surface area (Å²) in [5.41, 5.74) is 5.67. The van der Waals surface area contributed by atoms with Gasteiger partial charge in [0.1, 0.15) is 5.75 Å². The first kappa shape index (κ1) is 22.2. The van der Waals surface area contributed by atoms with E-state index in [0.717, 1.165) is 51.1 Å². The van der Waals surface area contributed by atoms with Crippen LogP contribution in [0.5, 0.6) is 5.75 Å². The van der Waals surface area contributed by atoms with E-state index < -0.39 is 0 Å². The third-order valence-electron chi connectivity index (χ3n) is 5.80. The van der Waals surface area contributed by atoms with Gasteiger partial charge in [-0.3, -0.25) is 0 Å². The molecule has 3 nitrogen and oxygen atoms in total. The molecule has 2 heterocycles. The summed E-state index contributed by atoms with van der Waals surface area (Å²) in [5, 5.41) is 7.38. The Morgan fingerprint density at radius 2 is 1.67 bits per heavy atom. The number of hydrogen-bond donors (Lipinski definition) is 2. The zero-order valence-corrected chi connectivity index (χ0v) is 17.4. The molecule has 0 spiro atoms. The fraction of sp³-hybridized carbons (Fsp3) is 0.308. The summed E-state index contributed by atoms with van der Waals surface area (Å²) in [6, 6.07) is 21.4. The third kappa shape index (κ3) is 4.33. The van der Waals surface area contributed by atoms with Crippen molar-refractivity contribution < 1.29 is 4.74 Å². The Labute approximate surface area is 185 Å². The van der Waals surface area contributed by atoms with Gasteiger partial charge in [-0.05, 0) is 54.5 Å². The van der Waals surface area contributed by atoms with Gasteiger partial charge in [0, 0.05) is 34.9 Å². The van der Waals surface area contributed by atoms with Crippen LogP contribution in [0, 0.1) is 0 Å². The van der Waals surface area contributed by atoms with E-state index in [1.165, 1.54) is 38.5 Å². The van der Waals surface area contributed by atoms with Gasteiger partial charge in [0.15, 0.2) is 0 Å². The molecule has 0 bridgehead atoms. The lowest BCUT2D eigenvalue weighted by atomic mass is 9.99. The van der Waals surface area contributed by atoms with E-state index in [1.807, 2.05) is 0 Å². The van der Waals surface area contributed by atoms with Crippen LogP contribution in [0.25, 0.3) is 21.7 Å². The summed E-state index contributed by atoms with van der Waals surface area (Å²) in [5.74, 6) is 0.984. The molecule has 0 saturated heterocycles. The first-order valence-electron chi connectivity index (χ1n) is 10.3. The van der Waals surface area contributed by atoms with Crippen molar-refractivity contribution in [2.75, 3.05) is 19.7 Å². The molecule has 1 aliphatic heterocycles. The molecule has 0 aliphatic carbocycles. The maximum Gasteiger partial charge on any atom is 0.127 e. The Morgan fingerprint density at radius 3 is 2.60 bits per heavy atom. The maximum absolute atomic E-state index is 6.15. The Morgan fingerprint density at radius 1 is 0.867 bits per heavy atom. The van der Waals surface area contributed by atoms with Crippen molar-refractivity contribution in [1.29, 1.82) is 0 Å². The molecule has 0 fully saturated rings. The molecule has 4 aromatic rings. The first-order valence-corrected chi connectivity index (χ1v) is 10.3. The molecule has 2 N–H and O–H groups in total. The van der Waals surface area contributed by atoms with E-state index in [1.54, 1.807) is 0 Å². The van der Waals surface area contributed by atoms with E-state index in [-0.39, 0.29) is 19.8 Å². The van der Waals surface area contributed by atoms with Crippen LogP contribution in [0.1, 0.15) is 30.7 Å². The predicted molar refractivity (Wildman–Crippen MR) is 130 cm³/mol. The van der Waals surface area contributed by atoms with Gasteiger partial charge in [-0.1, -0.05) is 56.0 Å². The van der Waals surface area contributed by atoms with Gasteiger partial charge in [-0.2, -0.15) is 0 Å². The average molecular weight is 423 g/mol. The van der Waals surface area contributed by atoms with Gasteiger partial charge >= 0.3 is 0 Å². The zero-order valence-electron chi connectivity index (χ0n) is 16.5. The van der Waals surface area contributed by atoms with Crippen molar-refractivity contribution in [2.45, 2.75) is 33.1 Å². The van der Waals surface area contributed by atoms with Gasteiger partial charge in [-0.25, -0.2) is 0 Å². The summed E-state index contributed by atoms with van der Waals surface area (Å²) in [4.78, 5) is 3.66. The Hall–Kier alpha value is -2.49. The average Bonchev–Trinajstić information content (AvgIpc) is 2.93. The summed E-state index contributed by atoms with van der Waals surface area (Å²) in [6.07, 6.45) is 4.26. The second-order valence-corrected chi connectivity index (χ2v) is 7.60. The van der Waals surface area contributed by atoms with E-state index in [0.29, 0.717) is 0 Å². The highest BCUT2D eigenvalue weighted by Gasteiger charge is 2.16. The fourth-order valence-electron chi connectivity index (χ4n) is 4.47. The standard InChI is InChI=1S/C25H26N2O.CH4.ClH/c1-2-10-20-18(6-1)7-4-12-24(20)28-17-5-9-19-8-3-11-23-25(19)21-13-15-26-16-14-22(21)27-23;;/h1-4,6-8,10-12,26-27H,5,9,13-17H2;1H4;1H. The van der Waals surface area contributed by atoms with Crippen LogP contribution >= 0.6 is 12.4 Å². The second kappa shape index (κ2) is 10.0. The van der Waals surface area contributed by atoms with Gasteiger partial charge < -0.3 is 15.0 Å². The molecule has 0 amide bonds. The largest absolute Gasteiger partial charge is 0.493 e. The normalized spacial score (nSPS) is 13.2. The molecule has 3 aromatic carbocycles. The zero-order chi connectivity index (χ0) is 18.8. The summed E-state index contributed by atoms with van der Waals surface area (Å²) < 4.78 is 6.15. The molecule has 0 unspecified atom stereocenters. The summed E-state index contributed by atoms with van der Waals surface area (Å²) in [6.45, 7) is 2.87. The van der Waals surface area contributed by atoms with Gasteiger partial charge in [0.05, 0.1) is 6.61 Å². The summed E-state index contributed by atoms with van der Waals surface area (Å²) >= 11 is 0. The molecule has 30 heavy (non-hydrogen) atoms. The van der Waals surface area contributed by atoms with Gasteiger partial charge in [0.25, 0.3) is 0 Å². The van der Waals surface area contributed by atoms with E-state index in [9.17, 15) is 0 Å². The Balaban J connectivity index is 0.00000128. The van der Waals surface area contributed by atoms with Crippen molar-refractivity contribution in [3.8, 4) is 5.75 Å². The number of H-pyrrole nitrogens is 1. The second-order valence-electron chi connectivity index (χ2n) is 7.60. The van der Waals surface area contributed by atoms with Crippen molar-refractivity contribution in [1.82, 2.24) is 10.3 Å². The molecule has 0 atom stereocenters. The molecule has 5 rings (SSSR count). The monoisotopic (exact) mass is 422 g/mol. The van der Waals surface area contributed by atoms with Crippen molar-refractivity contribution >= 4 is 34.1 Å². The molecule has 0 radical (unpaired) electrons. The first-order chi connectivity index (χ1) is 13.9. The number of nitrogens with one attached hydrogen (secondary N) is 2. The number of fused-ring (bicyclic) bond motifs is 4. The number of ether oxygens (including phenoxy) is 1. The summed E-state index contributed by atoms with van der Waals surface area (Å²) in [7, 11) is 0. The number of aromatic nitrogens is 1. The lowest BCUT2D eigenvalue weighted by Crippen LogP contribution is -2.16. The number of hydrogen-bond acceptors (Lipinski definition) is 2. The van der Waals surface area contributed by atoms with E-state index in [2.05, 4.69) is 71.0 Å². The van der Waals surface area contributed by atoms with E-state index >= 15 is 0 Å². The minimum atomic E-state index is 0. The molecular formula is C26H31ClN2O. The van der Waals surface area contributed by atoms with Crippen molar-refractivity contribution in [3.05, 3.63) is 77.5 Å². The lowest BCUT2D eigenvalue weighted by molar-refractivity contribution is 0.315. The van der Waals surface area contributed by atoms with Crippen molar-refractivity contribution in [3.63, 3.8) is 0 Å². The van der Waals surface area contributed by atoms with Crippen LogP contribution in [-0.2, 0) is 19.3 Å². The quantitative estimate of drug-likeness (QED) is 0.382. The number of aryl methyl sites for hydroxylation is 1. The molecule has 4 heteroatoms. The number of rotatable bonds is 5. The van der Waals surface area contributed by atoms with Crippen LogP contribution in [0.3, 0.4) is 0 Å². The molecule has 158 valence electrons. The molecular weight excluding hydrogens is 392 g/mol. The van der Waals surface area contributed by atoms with Crippen LogP contribution in [0.2, 0.25) is 0 Å². The SMILES string of the molecule is C.Cl.c1ccc2c(OCCCc3cccc4[nH]c5c(c34)CCNCC5)cccc2c1. The van der Waals surface area contributed by atoms with Crippen LogP contribution in [-0.4, -0.2) is 24.7 Å². The topological polar surface area (TPSA) is 37.0 Å². The van der Waals surface area contributed by atoms with Crippen LogP contribution < -0.4 is 10.1 Å². The van der Waals surface area contributed by atoms with Gasteiger partial charge in [-0.15, -0.1) is 12.4 Å². The van der Waals surface area contributed by atoms with Crippen molar-refractivity contribution in [2.24, 2.45) is 0 Å². The van der Waals surface area contributed by atoms with Gasteiger partial charge in [0.2, 0.25) is 0 Å².